The molecule has 180 valence electrons. The zero-order valence-electron chi connectivity index (χ0n) is 19.0. The molecule has 1 aliphatic rings. The van der Waals surface area contributed by atoms with Crippen LogP contribution >= 0.6 is 0 Å². The summed E-state index contributed by atoms with van der Waals surface area (Å²) in [7, 11) is 0. The lowest BCUT2D eigenvalue weighted by atomic mass is 9.99. The molecule has 0 spiro atoms. The van der Waals surface area contributed by atoms with Crippen molar-refractivity contribution in [2.75, 3.05) is 13.2 Å². The average molecular weight is 456 g/mol. The lowest BCUT2D eigenvalue weighted by molar-refractivity contribution is -0.143. The number of alkyl halides is 3. The summed E-state index contributed by atoms with van der Waals surface area (Å²) in [5.41, 5.74) is 0.944. The van der Waals surface area contributed by atoms with E-state index in [0.29, 0.717) is 31.1 Å². The van der Waals surface area contributed by atoms with Gasteiger partial charge in [0.2, 0.25) is 0 Å². The zero-order valence-corrected chi connectivity index (χ0v) is 19.0. The molecule has 0 amide bonds. The fourth-order valence-corrected chi connectivity index (χ4v) is 4.30. The zero-order chi connectivity index (χ0) is 23.6. The molecule has 2 atom stereocenters. The van der Waals surface area contributed by atoms with Crippen molar-refractivity contribution in [3.63, 3.8) is 0 Å². The van der Waals surface area contributed by atoms with E-state index in [1.165, 1.54) is 6.07 Å². The molecule has 2 rings (SSSR count). The Hall–Kier alpha value is -2.02. The van der Waals surface area contributed by atoms with Gasteiger partial charge in [-0.3, -0.25) is 4.79 Å². The minimum atomic E-state index is -4.37. The van der Waals surface area contributed by atoms with E-state index < -0.39 is 17.8 Å². The number of rotatable bonds is 13. The van der Waals surface area contributed by atoms with Crippen LogP contribution in [0.5, 0.6) is 0 Å². The largest absolute Gasteiger partial charge is 0.466 e. The van der Waals surface area contributed by atoms with Crippen LogP contribution in [0.1, 0.15) is 75.8 Å². The number of benzene rings is 1. The predicted octanol–water partition coefficient (Wildman–Crippen LogP) is 5.88. The number of nitrogens with zero attached hydrogens (tertiary/aromatic N) is 1. The molecule has 0 aromatic heterocycles. The van der Waals surface area contributed by atoms with Gasteiger partial charge in [-0.05, 0) is 63.5 Å². The highest BCUT2D eigenvalue weighted by atomic mass is 19.4. The van der Waals surface area contributed by atoms with E-state index in [-0.39, 0.29) is 12.4 Å². The van der Waals surface area contributed by atoms with Crippen molar-refractivity contribution in [3.8, 4) is 0 Å². The molecule has 2 unspecified atom stereocenters. The first-order valence-corrected chi connectivity index (χ1v) is 11.6. The van der Waals surface area contributed by atoms with Gasteiger partial charge in [0.25, 0.3) is 0 Å². The van der Waals surface area contributed by atoms with Crippen LogP contribution in [0.2, 0.25) is 0 Å². The highest BCUT2D eigenvalue weighted by Crippen LogP contribution is 2.31. The summed E-state index contributed by atoms with van der Waals surface area (Å²) in [5, 5.41) is 10.4. The Morgan fingerprint density at radius 2 is 2.03 bits per heavy atom. The Bertz CT molecular complexity index is 735. The summed E-state index contributed by atoms with van der Waals surface area (Å²) in [4.78, 5) is 13.7. The normalized spacial score (nSPS) is 17.6. The number of allylic oxidation sites excluding steroid dienone is 1. The molecule has 0 saturated carbocycles. The second-order valence-electron chi connectivity index (χ2n) is 8.55. The summed E-state index contributed by atoms with van der Waals surface area (Å²) >= 11 is 0. The number of aliphatic hydroxyl groups is 1. The van der Waals surface area contributed by atoms with Crippen molar-refractivity contribution in [2.24, 2.45) is 0 Å². The van der Waals surface area contributed by atoms with E-state index in [2.05, 4.69) is 11.5 Å². The number of esters is 1. The number of carbonyl (C=O) groups is 1. The molecule has 1 aliphatic heterocycles. The van der Waals surface area contributed by atoms with Crippen LogP contribution in [0.15, 0.2) is 36.5 Å². The van der Waals surface area contributed by atoms with E-state index in [9.17, 15) is 23.1 Å². The van der Waals surface area contributed by atoms with Gasteiger partial charge < -0.3 is 14.7 Å². The van der Waals surface area contributed by atoms with Gasteiger partial charge in [-0.2, -0.15) is 13.2 Å². The highest BCUT2D eigenvalue weighted by molar-refractivity contribution is 5.69. The Kier molecular flexibility index (Phi) is 10.6. The second kappa shape index (κ2) is 12.9. The van der Waals surface area contributed by atoms with Gasteiger partial charge in [-0.15, -0.1) is 0 Å². The van der Waals surface area contributed by atoms with Crippen LogP contribution in [0.25, 0.3) is 0 Å². The quantitative estimate of drug-likeness (QED) is 0.298. The third kappa shape index (κ3) is 8.85. The van der Waals surface area contributed by atoms with Crippen molar-refractivity contribution in [3.05, 3.63) is 47.7 Å². The standard InChI is InChI=1S/C25H36F3NO3/c1-3-32-24(31)11-6-4-5-7-16-29-19(2)12-13-22(29)14-15-23(30)18-20-9-8-10-21(17-20)25(26,27)28/h8-10,17,22-23,30H,2-7,11-16,18H2,1H3. The number of carbonyl (C=O) groups excluding carboxylic acids is 1. The van der Waals surface area contributed by atoms with E-state index in [1.807, 2.05) is 6.92 Å². The molecule has 1 aromatic carbocycles. The monoisotopic (exact) mass is 455 g/mol. The molecule has 1 fully saturated rings. The van der Waals surface area contributed by atoms with E-state index in [1.54, 1.807) is 6.07 Å². The van der Waals surface area contributed by atoms with Crippen LogP contribution < -0.4 is 0 Å². The molecule has 1 heterocycles. The molecular weight excluding hydrogens is 419 g/mol. The van der Waals surface area contributed by atoms with Gasteiger partial charge in [0, 0.05) is 24.7 Å². The van der Waals surface area contributed by atoms with Crippen molar-refractivity contribution in [2.45, 2.75) is 89.5 Å². The molecule has 4 nitrogen and oxygen atoms in total. The van der Waals surface area contributed by atoms with E-state index in [4.69, 9.17) is 4.74 Å². The molecule has 0 aliphatic carbocycles. The minimum Gasteiger partial charge on any atom is -0.466 e. The van der Waals surface area contributed by atoms with Crippen LogP contribution in [-0.4, -0.2) is 41.3 Å². The number of aliphatic hydroxyl groups excluding tert-OH is 1. The first-order chi connectivity index (χ1) is 15.2. The van der Waals surface area contributed by atoms with Crippen molar-refractivity contribution >= 4 is 5.97 Å². The number of unbranched alkanes of at least 4 members (excludes halogenated alkanes) is 3. The lowest BCUT2D eigenvalue weighted by Crippen LogP contribution is -2.30. The lowest BCUT2D eigenvalue weighted by Gasteiger charge is -2.28. The second-order valence-corrected chi connectivity index (χ2v) is 8.55. The number of hydrogen-bond acceptors (Lipinski definition) is 4. The number of likely N-dealkylation sites (tertiary alicyclic amines) is 1. The molecule has 7 heteroatoms. The summed E-state index contributed by atoms with van der Waals surface area (Å²) in [6.07, 6.45) is 2.81. The minimum absolute atomic E-state index is 0.135. The molecular formula is C25H36F3NO3. The van der Waals surface area contributed by atoms with Gasteiger partial charge in [-0.1, -0.05) is 37.6 Å². The van der Waals surface area contributed by atoms with Gasteiger partial charge in [0.15, 0.2) is 0 Å². The Morgan fingerprint density at radius 1 is 1.28 bits per heavy atom. The third-order valence-corrected chi connectivity index (χ3v) is 6.01. The van der Waals surface area contributed by atoms with Crippen molar-refractivity contribution in [1.82, 2.24) is 4.90 Å². The topological polar surface area (TPSA) is 49.8 Å². The molecule has 1 saturated heterocycles. The highest BCUT2D eigenvalue weighted by Gasteiger charge is 2.30. The molecule has 32 heavy (non-hydrogen) atoms. The summed E-state index contributed by atoms with van der Waals surface area (Å²) < 4.78 is 43.6. The van der Waals surface area contributed by atoms with Crippen molar-refractivity contribution < 1.29 is 27.8 Å². The maximum atomic E-state index is 12.9. The summed E-state index contributed by atoms with van der Waals surface area (Å²) in [6, 6.07) is 5.51. The summed E-state index contributed by atoms with van der Waals surface area (Å²) in [6.45, 7) is 7.31. The van der Waals surface area contributed by atoms with Crippen LogP contribution in [-0.2, 0) is 22.1 Å². The Balaban J connectivity index is 1.71. The molecule has 0 radical (unpaired) electrons. The maximum Gasteiger partial charge on any atom is 0.416 e. The number of hydrogen-bond donors (Lipinski definition) is 1. The SMILES string of the molecule is C=C1CCC(CCC(O)Cc2cccc(C(F)(F)F)c2)N1CCCCCCC(=O)OCC. The predicted molar refractivity (Wildman–Crippen MR) is 119 cm³/mol. The summed E-state index contributed by atoms with van der Waals surface area (Å²) in [5.74, 6) is -0.135. The fourth-order valence-electron chi connectivity index (χ4n) is 4.30. The molecule has 1 aromatic rings. The number of ether oxygens (including phenoxy) is 1. The first kappa shape index (κ1) is 26.2. The van der Waals surface area contributed by atoms with E-state index >= 15 is 0 Å². The van der Waals surface area contributed by atoms with Gasteiger partial charge >= 0.3 is 12.1 Å². The van der Waals surface area contributed by atoms with Crippen LogP contribution in [0, 0.1) is 0 Å². The van der Waals surface area contributed by atoms with Crippen molar-refractivity contribution in [1.29, 1.82) is 0 Å². The van der Waals surface area contributed by atoms with Gasteiger partial charge in [0.1, 0.15) is 0 Å². The number of halogens is 3. The maximum absolute atomic E-state index is 12.9. The smallest absolute Gasteiger partial charge is 0.416 e. The Morgan fingerprint density at radius 3 is 2.75 bits per heavy atom. The van der Waals surface area contributed by atoms with Gasteiger partial charge in [0.05, 0.1) is 18.3 Å². The Labute approximate surface area is 189 Å². The van der Waals surface area contributed by atoms with Gasteiger partial charge in [-0.25, -0.2) is 0 Å². The third-order valence-electron chi connectivity index (χ3n) is 6.01. The first-order valence-electron chi connectivity index (χ1n) is 11.6. The average Bonchev–Trinajstić information content (AvgIpc) is 3.08. The molecule has 1 N–H and O–H groups in total. The van der Waals surface area contributed by atoms with Crippen LogP contribution in [0.4, 0.5) is 13.2 Å². The van der Waals surface area contributed by atoms with Crippen LogP contribution in [0.3, 0.4) is 0 Å². The fraction of sp³-hybridized carbons (Fsp3) is 0.640. The van der Waals surface area contributed by atoms with E-state index in [0.717, 1.165) is 69.3 Å². The molecule has 0 bridgehead atoms.